The fraction of sp³-hybridized carbons (Fsp3) is 0.200. The van der Waals surface area contributed by atoms with Crippen molar-refractivity contribution in [3.05, 3.63) is 54.8 Å². The summed E-state index contributed by atoms with van der Waals surface area (Å²) >= 11 is 6.52. The average Bonchev–Trinajstić information content (AvgIpc) is 3.36. The highest BCUT2D eigenvalue weighted by molar-refractivity contribution is 8.03. The van der Waals surface area contributed by atoms with E-state index in [0.717, 1.165) is 27.3 Å². The van der Waals surface area contributed by atoms with Crippen LogP contribution in [0.3, 0.4) is 0 Å². The molecule has 5 rings (SSSR count). The molecule has 2 aliphatic rings. The number of thioether (sulfide) groups is 1. The van der Waals surface area contributed by atoms with Gasteiger partial charge in [-0.05, 0) is 49.4 Å². The maximum atomic E-state index is 12.7. The van der Waals surface area contributed by atoms with Gasteiger partial charge in [-0.25, -0.2) is 0 Å². The fourth-order valence-electron chi connectivity index (χ4n) is 3.36. The van der Waals surface area contributed by atoms with Gasteiger partial charge in [-0.2, -0.15) is 0 Å². The van der Waals surface area contributed by atoms with E-state index in [1.54, 1.807) is 11.3 Å². The zero-order chi connectivity index (χ0) is 18.0. The average molecular weight is 415 g/mol. The summed E-state index contributed by atoms with van der Waals surface area (Å²) in [6.07, 6.45) is 3.24. The lowest BCUT2D eigenvalue weighted by Gasteiger charge is -2.08. The highest BCUT2D eigenvalue weighted by Gasteiger charge is 2.36. The van der Waals surface area contributed by atoms with Gasteiger partial charge in [-0.3, -0.25) is 9.59 Å². The maximum Gasteiger partial charge on any atom is 0.244 e. The molecule has 2 nitrogen and oxygen atoms in total. The molecule has 0 radical (unpaired) electrons. The molecule has 1 aliphatic heterocycles. The molecule has 0 aromatic carbocycles. The highest BCUT2D eigenvalue weighted by Crippen LogP contribution is 2.51. The predicted octanol–water partition coefficient (Wildman–Crippen LogP) is 6.97. The predicted molar refractivity (Wildman–Crippen MR) is 113 cm³/mol. The number of hydrogen-bond acceptors (Lipinski definition) is 6. The van der Waals surface area contributed by atoms with Crippen LogP contribution in [0.15, 0.2) is 35.2 Å². The first-order valence-corrected chi connectivity index (χ1v) is 11.6. The van der Waals surface area contributed by atoms with E-state index in [-0.39, 0.29) is 11.6 Å². The number of carbonyl (C=O) groups excluding carboxylic acids is 2. The van der Waals surface area contributed by atoms with E-state index in [0.29, 0.717) is 15.0 Å². The molecule has 3 aromatic heterocycles. The Hall–Kier alpha value is -1.47. The SMILES string of the molecule is CC1=CCC(c2cc3c(s2)C(=O)C(=O)c2sc(-c4ccc(C)s4)cc2-3)S1. The first-order chi connectivity index (χ1) is 12.5. The second kappa shape index (κ2) is 6.02. The molecule has 130 valence electrons. The van der Waals surface area contributed by atoms with E-state index in [1.807, 2.05) is 11.8 Å². The van der Waals surface area contributed by atoms with Crippen molar-refractivity contribution in [3.63, 3.8) is 0 Å². The van der Waals surface area contributed by atoms with Crippen LogP contribution in [0, 0.1) is 6.92 Å². The largest absolute Gasteiger partial charge is 0.284 e. The zero-order valence-electron chi connectivity index (χ0n) is 14.1. The molecule has 6 heteroatoms. The Morgan fingerprint density at radius 1 is 0.885 bits per heavy atom. The molecule has 1 atom stereocenters. The van der Waals surface area contributed by atoms with Crippen LogP contribution in [0.25, 0.3) is 20.9 Å². The number of rotatable bonds is 2. The lowest BCUT2D eigenvalue weighted by Crippen LogP contribution is -2.17. The summed E-state index contributed by atoms with van der Waals surface area (Å²) in [6, 6.07) is 8.42. The third-order valence-electron chi connectivity index (χ3n) is 4.64. The van der Waals surface area contributed by atoms with Crippen molar-refractivity contribution in [2.45, 2.75) is 25.5 Å². The minimum Gasteiger partial charge on any atom is -0.284 e. The minimum absolute atomic E-state index is 0.341. The molecule has 0 bridgehead atoms. The maximum absolute atomic E-state index is 12.7. The topological polar surface area (TPSA) is 34.1 Å². The molecule has 26 heavy (non-hydrogen) atoms. The summed E-state index contributed by atoms with van der Waals surface area (Å²) < 4.78 is 0. The van der Waals surface area contributed by atoms with Crippen molar-refractivity contribution in [2.24, 2.45) is 0 Å². The Kier molecular flexibility index (Phi) is 3.87. The number of hydrogen-bond donors (Lipinski definition) is 0. The Labute approximate surface area is 167 Å². The zero-order valence-corrected chi connectivity index (χ0v) is 17.4. The number of fused-ring (bicyclic) bond motifs is 3. The van der Waals surface area contributed by atoms with Gasteiger partial charge in [-0.15, -0.1) is 45.8 Å². The summed E-state index contributed by atoms with van der Waals surface area (Å²) in [6.45, 7) is 4.20. The van der Waals surface area contributed by atoms with Crippen molar-refractivity contribution < 1.29 is 9.59 Å². The van der Waals surface area contributed by atoms with Crippen LogP contribution < -0.4 is 0 Å². The number of thiophene rings is 3. The van der Waals surface area contributed by atoms with Gasteiger partial charge in [-0.1, -0.05) is 6.08 Å². The van der Waals surface area contributed by atoms with E-state index < -0.39 is 0 Å². The van der Waals surface area contributed by atoms with E-state index in [1.165, 1.54) is 37.3 Å². The van der Waals surface area contributed by atoms with Crippen LogP contribution in [0.2, 0.25) is 0 Å². The van der Waals surface area contributed by atoms with Gasteiger partial charge in [0, 0.05) is 35.9 Å². The minimum atomic E-state index is -0.348. The van der Waals surface area contributed by atoms with Crippen molar-refractivity contribution in [2.75, 3.05) is 0 Å². The molecule has 0 saturated heterocycles. The van der Waals surface area contributed by atoms with Crippen molar-refractivity contribution in [3.8, 4) is 20.9 Å². The summed E-state index contributed by atoms with van der Waals surface area (Å²) in [5.41, 5.74) is 1.89. The van der Waals surface area contributed by atoms with E-state index in [4.69, 9.17) is 0 Å². The van der Waals surface area contributed by atoms with Crippen LogP contribution in [0.4, 0.5) is 0 Å². The van der Waals surface area contributed by atoms with Gasteiger partial charge in [0.15, 0.2) is 0 Å². The molecule has 3 aromatic rings. The second-order valence-electron chi connectivity index (χ2n) is 6.47. The van der Waals surface area contributed by atoms with Gasteiger partial charge >= 0.3 is 0 Å². The Morgan fingerprint density at radius 2 is 1.62 bits per heavy atom. The molecule has 0 fully saturated rings. The van der Waals surface area contributed by atoms with Crippen LogP contribution in [0.5, 0.6) is 0 Å². The smallest absolute Gasteiger partial charge is 0.244 e. The monoisotopic (exact) mass is 414 g/mol. The van der Waals surface area contributed by atoms with Crippen LogP contribution in [-0.4, -0.2) is 11.6 Å². The number of allylic oxidation sites excluding steroid dienone is 2. The molecule has 0 saturated carbocycles. The molecule has 4 heterocycles. The van der Waals surface area contributed by atoms with Gasteiger partial charge in [0.1, 0.15) is 0 Å². The second-order valence-corrected chi connectivity index (χ2v) is 11.3. The standard InChI is InChI=1S/C20H14O2S4/c1-9-3-5-13(23-9)15-7-11-12-8-16(14-6-4-10(2)24-14)26-20(12)18(22)17(21)19(11)25-15/h3-5,7-8,14H,6H2,1-2H3. The summed E-state index contributed by atoms with van der Waals surface area (Å²) in [5.74, 6) is -0.689. The first kappa shape index (κ1) is 16.7. The Bertz CT molecular complexity index is 1110. The molecular weight excluding hydrogens is 400 g/mol. The fourth-order valence-corrected chi connectivity index (χ4v) is 7.83. The molecule has 1 unspecified atom stereocenters. The summed E-state index contributed by atoms with van der Waals surface area (Å²) in [4.78, 5) is 32.6. The van der Waals surface area contributed by atoms with E-state index in [2.05, 4.69) is 44.2 Å². The molecule has 0 amide bonds. The summed E-state index contributed by atoms with van der Waals surface area (Å²) in [7, 11) is 0. The third-order valence-corrected chi connectivity index (χ3v) is 9.64. The quantitative estimate of drug-likeness (QED) is 0.424. The van der Waals surface area contributed by atoms with Gasteiger partial charge in [0.25, 0.3) is 0 Å². The van der Waals surface area contributed by atoms with E-state index >= 15 is 0 Å². The van der Waals surface area contributed by atoms with Crippen LogP contribution in [0.1, 0.15) is 47.7 Å². The van der Waals surface area contributed by atoms with Crippen molar-refractivity contribution >= 4 is 57.3 Å². The molecular formula is C20H14O2S4. The van der Waals surface area contributed by atoms with Gasteiger partial charge in [0.05, 0.1) is 9.75 Å². The number of carbonyl (C=O) groups is 2. The normalized spacial score (nSPS) is 18.8. The molecule has 0 N–H and O–H groups in total. The van der Waals surface area contributed by atoms with Crippen molar-refractivity contribution in [1.82, 2.24) is 0 Å². The number of Topliss-reactive ketones (excluding diaryl/α,β-unsaturated/α-hetero) is 2. The lowest BCUT2D eigenvalue weighted by atomic mass is 9.95. The Balaban J connectivity index is 1.63. The molecule has 1 aliphatic carbocycles. The number of ketones is 2. The number of aryl methyl sites for hydroxylation is 1. The highest BCUT2D eigenvalue weighted by atomic mass is 32.2. The summed E-state index contributed by atoms with van der Waals surface area (Å²) in [5, 5.41) is 0.370. The van der Waals surface area contributed by atoms with Crippen LogP contribution in [-0.2, 0) is 0 Å². The van der Waals surface area contributed by atoms with Crippen molar-refractivity contribution in [1.29, 1.82) is 0 Å². The third kappa shape index (κ3) is 2.51. The molecule has 0 spiro atoms. The van der Waals surface area contributed by atoms with Gasteiger partial charge in [0.2, 0.25) is 11.6 Å². The first-order valence-electron chi connectivity index (χ1n) is 8.28. The van der Waals surface area contributed by atoms with Crippen LogP contribution >= 0.6 is 45.8 Å². The lowest BCUT2D eigenvalue weighted by molar-refractivity contribution is 0.0820. The van der Waals surface area contributed by atoms with Gasteiger partial charge < -0.3 is 0 Å². The van der Waals surface area contributed by atoms with E-state index in [9.17, 15) is 9.59 Å². The Morgan fingerprint density at radius 3 is 2.27 bits per heavy atom.